The van der Waals surface area contributed by atoms with E-state index in [0.717, 1.165) is 25.7 Å². The number of rotatable bonds is 4. The van der Waals surface area contributed by atoms with E-state index in [-0.39, 0.29) is 11.3 Å². The zero-order valence-electron chi connectivity index (χ0n) is 11.2. The van der Waals surface area contributed by atoms with E-state index in [0.29, 0.717) is 12.0 Å². The maximum atomic E-state index is 11.8. The van der Waals surface area contributed by atoms with Crippen LogP contribution in [0.1, 0.15) is 37.2 Å². The quantitative estimate of drug-likeness (QED) is 0.918. The predicted octanol–water partition coefficient (Wildman–Crippen LogP) is 2.10. The van der Waals surface area contributed by atoms with Crippen molar-refractivity contribution in [1.29, 1.82) is 0 Å². The normalized spacial score (nSPS) is 34.4. The predicted molar refractivity (Wildman–Crippen MR) is 77.0 cm³/mol. The number of sulfone groups is 1. The highest BCUT2D eigenvalue weighted by molar-refractivity contribution is 7.91. The molecule has 0 amide bonds. The van der Waals surface area contributed by atoms with Crippen LogP contribution >= 0.6 is 0 Å². The Kier molecular flexibility index (Phi) is 3.39. The van der Waals surface area contributed by atoms with Gasteiger partial charge in [0.25, 0.3) is 0 Å². The van der Waals surface area contributed by atoms with Gasteiger partial charge in [-0.05, 0) is 24.8 Å². The summed E-state index contributed by atoms with van der Waals surface area (Å²) in [7, 11) is -2.91. The van der Waals surface area contributed by atoms with Crippen LogP contribution in [0, 0.1) is 0 Å². The monoisotopic (exact) mass is 279 g/mol. The van der Waals surface area contributed by atoms with E-state index in [4.69, 9.17) is 0 Å². The lowest BCUT2D eigenvalue weighted by molar-refractivity contribution is 0.501. The second kappa shape index (κ2) is 4.91. The molecule has 0 bridgehead atoms. The molecule has 0 heterocycles. The van der Waals surface area contributed by atoms with E-state index in [1.807, 2.05) is 6.07 Å². The molecule has 3 nitrogen and oxygen atoms in total. The van der Waals surface area contributed by atoms with E-state index in [2.05, 4.69) is 29.6 Å². The van der Waals surface area contributed by atoms with Crippen LogP contribution in [-0.4, -0.2) is 32.0 Å². The minimum Gasteiger partial charge on any atom is -0.309 e. The van der Waals surface area contributed by atoms with Crippen molar-refractivity contribution in [1.82, 2.24) is 5.32 Å². The molecule has 1 aromatic carbocycles. The van der Waals surface area contributed by atoms with Gasteiger partial charge in [-0.15, -0.1) is 0 Å². The molecule has 4 atom stereocenters. The van der Waals surface area contributed by atoms with Crippen LogP contribution < -0.4 is 5.32 Å². The molecule has 2 aliphatic carbocycles. The smallest absolute Gasteiger partial charge is 0.151 e. The van der Waals surface area contributed by atoms with Crippen LogP contribution in [0.15, 0.2) is 30.3 Å². The molecule has 2 saturated carbocycles. The standard InChI is InChI=1S/C15H21NO2S/c1-19(17,18)15-9-5-8-13(15)16-14-10-12(14)11-6-3-2-4-7-11/h2-4,6-7,12-16H,5,8-10H2,1H3. The maximum Gasteiger partial charge on any atom is 0.151 e. The average molecular weight is 279 g/mol. The Labute approximate surface area is 115 Å². The fourth-order valence-electron chi connectivity index (χ4n) is 3.35. The van der Waals surface area contributed by atoms with Gasteiger partial charge in [-0.3, -0.25) is 0 Å². The maximum absolute atomic E-state index is 11.8. The average Bonchev–Trinajstić information content (AvgIpc) is 2.95. The van der Waals surface area contributed by atoms with E-state index < -0.39 is 9.84 Å². The molecule has 0 saturated heterocycles. The van der Waals surface area contributed by atoms with Gasteiger partial charge in [0.15, 0.2) is 9.84 Å². The summed E-state index contributed by atoms with van der Waals surface area (Å²) in [5.74, 6) is 0.571. The second-order valence-corrected chi connectivity index (χ2v) is 8.20. The summed E-state index contributed by atoms with van der Waals surface area (Å²) in [6.07, 6.45) is 5.35. The number of hydrogen-bond acceptors (Lipinski definition) is 3. The first-order valence-corrected chi connectivity index (χ1v) is 9.01. The molecule has 2 aliphatic rings. The Morgan fingerprint density at radius 1 is 1.11 bits per heavy atom. The van der Waals surface area contributed by atoms with Gasteiger partial charge in [0.1, 0.15) is 0 Å². The van der Waals surface area contributed by atoms with Crippen LogP contribution in [-0.2, 0) is 9.84 Å². The first kappa shape index (κ1) is 13.1. The first-order valence-electron chi connectivity index (χ1n) is 7.05. The molecule has 0 aliphatic heterocycles. The lowest BCUT2D eigenvalue weighted by Gasteiger charge is -2.19. The van der Waals surface area contributed by atoms with Crippen molar-refractivity contribution >= 4 is 9.84 Å². The third-order valence-electron chi connectivity index (χ3n) is 4.45. The fraction of sp³-hybridized carbons (Fsp3) is 0.600. The van der Waals surface area contributed by atoms with Crippen molar-refractivity contribution in [2.75, 3.05) is 6.26 Å². The van der Waals surface area contributed by atoms with E-state index in [1.165, 1.54) is 11.8 Å². The molecule has 0 spiro atoms. The first-order chi connectivity index (χ1) is 9.05. The Bertz CT molecular complexity index is 541. The van der Waals surface area contributed by atoms with Gasteiger partial charge in [0.2, 0.25) is 0 Å². The highest BCUT2D eigenvalue weighted by Gasteiger charge is 2.43. The zero-order chi connectivity index (χ0) is 13.5. The summed E-state index contributed by atoms with van der Waals surface area (Å²) in [6, 6.07) is 11.1. The summed E-state index contributed by atoms with van der Waals surface area (Å²) >= 11 is 0. The van der Waals surface area contributed by atoms with Crippen LogP contribution in [0.4, 0.5) is 0 Å². The molecule has 1 aromatic rings. The summed E-state index contributed by atoms with van der Waals surface area (Å²) in [6.45, 7) is 0. The fourth-order valence-corrected chi connectivity index (χ4v) is 4.76. The highest BCUT2D eigenvalue weighted by Crippen LogP contribution is 2.42. The SMILES string of the molecule is CS(=O)(=O)C1CCCC1NC1CC1c1ccccc1. The third-order valence-corrected chi connectivity index (χ3v) is 6.11. The molecule has 0 aromatic heterocycles. The molecular weight excluding hydrogens is 258 g/mol. The minimum atomic E-state index is -2.91. The van der Waals surface area contributed by atoms with Gasteiger partial charge in [-0.2, -0.15) is 0 Å². The lowest BCUT2D eigenvalue weighted by Crippen LogP contribution is -2.41. The third kappa shape index (κ3) is 2.84. The van der Waals surface area contributed by atoms with Crippen molar-refractivity contribution in [2.24, 2.45) is 0 Å². The Morgan fingerprint density at radius 2 is 1.84 bits per heavy atom. The van der Waals surface area contributed by atoms with Crippen molar-refractivity contribution in [2.45, 2.75) is 48.9 Å². The molecule has 0 radical (unpaired) electrons. The molecule has 19 heavy (non-hydrogen) atoms. The zero-order valence-corrected chi connectivity index (χ0v) is 12.1. The second-order valence-electron chi connectivity index (χ2n) is 5.93. The Balaban J connectivity index is 1.62. The molecule has 1 N–H and O–H groups in total. The van der Waals surface area contributed by atoms with Crippen molar-refractivity contribution in [3.8, 4) is 0 Å². The van der Waals surface area contributed by atoms with Crippen molar-refractivity contribution < 1.29 is 8.42 Å². The summed E-state index contributed by atoms with van der Waals surface area (Å²) in [5.41, 5.74) is 1.37. The molecule has 4 unspecified atom stereocenters. The van der Waals surface area contributed by atoms with Gasteiger partial charge in [-0.1, -0.05) is 36.8 Å². The number of hydrogen-bond donors (Lipinski definition) is 1. The van der Waals surface area contributed by atoms with E-state index in [9.17, 15) is 8.42 Å². The molecule has 4 heteroatoms. The lowest BCUT2D eigenvalue weighted by atomic mass is 10.1. The van der Waals surface area contributed by atoms with Crippen molar-refractivity contribution in [3.63, 3.8) is 0 Å². The van der Waals surface area contributed by atoms with E-state index >= 15 is 0 Å². The Hall–Kier alpha value is -0.870. The van der Waals surface area contributed by atoms with Gasteiger partial charge in [0.05, 0.1) is 5.25 Å². The van der Waals surface area contributed by atoms with Crippen LogP contribution in [0.5, 0.6) is 0 Å². The number of nitrogens with one attached hydrogen (secondary N) is 1. The molecule has 104 valence electrons. The largest absolute Gasteiger partial charge is 0.309 e. The molecular formula is C15H21NO2S. The van der Waals surface area contributed by atoms with Crippen LogP contribution in [0.3, 0.4) is 0 Å². The Morgan fingerprint density at radius 3 is 2.53 bits per heavy atom. The van der Waals surface area contributed by atoms with E-state index in [1.54, 1.807) is 0 Å². The topological polar surface area (TPSA) is 46.2 Å². The molecule has 3 rings (SSSR count). The van der Waals surface area contributed by atoms with Crippen LogP contribution in [0.2, 0.25) is 0 Å². The highest BCUT2D eigenvalue weighted by atomic mass is 32.2. The number of benzene rings is 1. The van der Waals surface area contributed by atoms with Gasteiger partial charge in [-0.25, -0.2) is 8.42 Å². The van der Waals surface area contributed by atoms with Gasteiger partial charge >= 0.3 is 0 Å². The molecule has 2 fully saturated rings. The van der Waals surface area contributed by atoms with Gasteiger partial charge < -0.3 is 5.32 Å². The summed E-state index contributed by atoms with van der Waals surface area (Å²) in [5, 5.41) is 3.40. The summed E-state index contributed by atoms with van der Waals surface area (Å²) < 4.78 is 23.5. The van der Waals surface area contributed by atoms with Gasteiger partial charge in [0, 0.05) is 24.3 Å². The van der Waals surface area contributed by atoms with Crippen molar-refractivity contribution in [3.05, 3.63) is 35.9 Å². The minimum absolute atomic E-state index is 0.161. The van der Waals surface area contributed by atoms with Crippen LogP contribution in [0.25, 0.3) is 0 Å². The summed E-state index contributed by atoms with van der Waals surface area (Å²) in [4.78, 5) is 0.